The molecular formula is C25H29N3. The highest BCUT2D eigenvalue weighted by molar-refractivity contribution is 5.83. The van der Waals surface area contributed by atoms with Crippen molar-refractivity contribution in [2.24, 2.45) is 5.10 Å². The van der Waals surface area contributed by atoms with E-state index in [0.29, 0.717) is 0 Å². The Kier molecular flexibility index (Phi) is 5.84. The van der Waals surface area contributed by atoms with Crippen LogP contribution in [0.2, 0.25) is 0 Å². The Hall–Kier alpha value is -3.07. The van der Waals surface area contributed by atoms with Crippen LogP contribution in [0.15, 0.2) is 65.8 Å². The summed E-state index contributed by atoms with van der Waals surface area (Å²) in [7, 11) is 4.09. The van der Waals surface area contributed by atoms with Gasteiger partial charge >= 0.3 is 0 Å². The summed E-state index contributed by atoms with van der Waals surface area (Å²) in [5.41, 5.74) is 9.37. The van der Waals surface area contributed by atoms with E-state index in [1.54, 1.807) is 0 Å². The Bertz CT molecular complexity index is 934. The number of rotatable bonds is 5. The van der Waals surface area contributed by atoms with Gasteiger partial charge in [0.25, 0.3) is 0 Å². The van der Waals surface area contributed by atoms with Gasteiger partial charge in [-0.3, -0.25) is 0 Å². The summed E-state index contributed by atoms with van der Waals surface area (Å²) in [6.45, 7) is 8.52. The lowest BCUT2D eigenvalue weighted by Gasteiger charge is -2.23. The van der Waals surface area contributed by atoms with Gasteiger partial charge in [-0.25, -0.2) is 5.01 Å². The molecule has 144 valence electrons. The average molecular weight is 372 g/mol. The fraction of sp³-hybridized carbons (Fsp3) is 0.240. The summed E-state index contributed by atoms with van der Waals surface area (Å²) < 4.78 is 0. The van der Waals surface area contributed by atoms with Gasteiger partial charge in [0.1, 0.15) is 0 Å². The molecule has 3 aromatic rings. The Balaban J connectivity index is 2.03. The maximum absolute atomic E-state index is 4.88. The van der Waals surface area contributed by atoms with Crippen molar-refractivity contribution >= 4 is 23.3 Å². The minimum atomic E-state index is 1.07. The van der Waals surface area contributed by atoms with Crippen molar-refractivity contribution in [3.05, 3.63) is 88.5 Å². The van der Waals surface area contributed by atoms with Crippen molar-refractivity contribution in [3.8, 4) is 0 Å². The molecule has 0 unspecified atom stereocenters. The van der Waals surface area contributed by atoms with Crippen LogP contribution in [0.25, 0.3) is 0 Å². The summed E-state index contributed by atoms with van der Waals surface area (Å²) >= 11 is 0. The topological polar surface area (TPSA) is 18.8 Å². The van der Waals surface area contributed by atoms with Crippen LogP contribution in [0.1, 0.15) is 27.8 Å². The maximum Gasteiger partial charge on any atom is 0.0682 e. The van der Waals surface area contributed by atoms with Gasteiger partial charge in [-0.1, -0.05) is 47.5 Å². The van der Waals surface area contributed by atoms with Gasteiger partial charge < -0.3 is 4.90 Å². The third-order valence-electron chi connectivity index (χ3n) is 4.89. The molecule has 0 atom stereocenters. The Morgan fingerprint density at radius 2 is 1.18 bits per heavy atom. The minimum absolute atomic E-state index is 1.07. The number of hydrogen-bond acceptors (Lipinski definition) is 3. The molecular weight excluding hydrogens is 342 g/mol. The Morgan fingerprint density at radius 3 is 1.61 bits per heavy atom. The second-order valence-electron chi connectivity index (χ2n) is 7.62. The quantitative estimate of drug-likeness (QED) is 0.395. The van der Waals surface area contributed by atoms with Crippen LogP contribution >= 0.6 is 0 Å². The van der Waals surface area contributed by atoms with E-state index < -0.39 is 0 Å². The highest BCUT2D eigenvalue weighted by Gasteiger charge is 2.13. The van der Waals surface area contributed by atoms with Crippen LogP contribution < -0.4 is 9.91 Å². The molecule has 0 spiro atoms. The highest BCUT2D eigenvalue weighted by atomic mass is 15.5. The van der Waals surface area contributed by atoms with Crippen molar-refractivity contribution in [3.63, 3.8) is 0 Å². The average Bonchev–Trinajstić information content (AvgIpc) is 2.64. The van der Waals surface area contributed by atoms with Crippen LogP contribution in [0, 0.1) is 27.7 Å². The second-order valence-corrected chi connectivity index (χ2v) is 7.62. The third kappa shape index (κ3) is 4.42. The lowest BCUT2D eigenvalue weighted by molar-refractivity contribution is 1.06. The fourth-order valence-corrected chi connectivity index (χ4v) is 3.32. The first-order valence-corrected chi connectivity index (χ1v) is 9.61. The number of anilines is 3. The maximum atomic E-state index is 4.88. The minimum Gasteiger partial charge on any atom is -0.378 e. The molecule has 0 aliphatic heterocycles. The number of hydrazone groups is 1. The van der Waals surface area contributed by atoms with Crippen LogP contribution in [0.5, 0.6) is 0 Å². The molecule has 0 aliphatic rings. The van der Waals surface area contributed by atoms with E-state index in [9.17, 15) is 0 Å². The lowest BCUT2D eigenvalue weighted by Crippen LogP contribution is -2.12. The zero-order valence-electron chi connectivity index (χ0n) is 17.7. The third-order valence-corrected chi connectivity index (χ3v) is 4.89. The molecule has 3 nitrogen and oxygen atoms in total. The fourth-order valence-electron chi connectivity index (χ4n) is 3.32. The van der Waals surface area contributed by atoms with Crippen molar-refractivity contribution in [2.45, 2.75) is 27.7 Å². The second kappa shape index (κ2) is 8.30. The summed E-state index contributed by atoms with van der Waals surface area (Å²) in [6.07, 6.45) is 1.93. The first-order valence-electron chi connectivity index (χ1n) is 9.61. The Morgan fingerprint density at radius 1 is 0.679 bits per heavy atom. The van der Waals surface area contributed by atoms with Crippen LogP contribution in [-0.4, -0.2) is 20.3 Å². The molecule has 0 saturated heterocycles. The van der Waals surface area contributed by atoms with E-state index >= 15 is 0 Å². The molecule has 28 heavy (non-hydrogen) atoms. The summed E-state index contributed by atoms with van der Waals surface area (Å²) in [5, 5.41) is 6.93. The number of benzene rings is 3. The SMILES string of the molecule is Cc1ccc(N(/N=C/c2ccc(N(C)C)cc2)c2ccc(C)cc2C)c(C)c1. The van der Waals surface area contributed by atoms with Gasteiger partial charge in [0.2, 0.25) is 0 Å². The first-order chi connectivity index (χ1) is 13.3. The molecule has 0 aliphatic carbocycles. The van der Waals surface area contributed by atoms with Crippen LogP contribution in [0.3, 0.4) is 0 Å². The molecule has 0 radical (unpaired) electrons. The molecule has 3 aromatic carbocycles. The van der Waals surface area contributed by atoms with E-state index in [4.69, 9.17) is 5.10 Å². The van der Waals surface area contributed by atoms with Crippen molar-refractivity contribution in [2.75, 3.05) is 24.0 Å². The van der Waals surface area contributed by atoms with E-state index in [-0.39, 0.29) is 0 Å². The summed E-state index contributed by atoms with van der Waals surface area (Å²) in [4.78, 5) is 2.10. The van der Waals surface area contributed by atoms with Crippen molar-refractivity contribution in [1.82, 2.24) is 0 Å². The predicted molar refractivity (Wildman–Crippen MR) is 122 cm³/mol. The van der Waals surface area contributed by atoms with Crippen LogP contribution in [-0.2, 0) is 0 Å². The van der Waals surface area contributed by atoms with Gasteiger partial charge in [-0.15, -0.1) is 0 Å². The standard InChI is InChI=1S/C25H29N3/c1-18-7-13-24(20(3)15-18)28(25-14-8-19(2)16-21(25)4)26-17-22-9-11-23(12-10-22)27(5)6/h7-17H,1-6H3/b26-17+. The van der Waals surface area contributed by atoms with Gasteiger partial charge in [0.15, 0.2) is 0 Å². The molecule has 0 N–H and O–H groups in total. The van der Waals surface area contributed by atoms with Crippen molar-refractivity contribution < 1.29 is 0 Å². The molecule has 0 aromatic heterocycles. The van der Waals surface area contributed by atoms with Gasteiger partial charge in [0.05, 0.1) is 17.6 Å². The van der Waals surface area contributed by atoms with Gasteiger partial charge in [-0.2, -0.15) is 5.10 Å². The predicted octanol–water partition coefficient (Wildman–Crippen LogP) is 6.16. The zero-order valence-corrected chi connectivity index (χ0v) is 17.7. The van der Waals surface area contributed by atoms with Crippen molar-refractivity contribution in [1.29, 1.82) is 0 Å². The molecule has 0 fully saturated rings. The molecule has 0 heterocycles. The summed E-state index contributed by atoms with van der Waals surface area (Å²) in [6, 6.07) is 21.4. The smallest absolute Gasteiger partial charge is 0.0682 e. The number of hydrogen-bond donors (Lipinski definition) is 0. The van der Waals surface area contributed by atoms with Gasteiger partial charge in [-0.05, 0) is 68.7 Å². The van der Waals surface area contributed by atoms with E-state index in [2.05, 4.69) is 93.3 Å². The molecule has 0 amide bonds. The molecule has 0 saturated carbocycles. The number of nitrogens with zero attached hydrogens (tertiary/aromatic N) is 3. The molecule has 0 bridgehead atoms. The molecule has 3 rings (SSSR count). The monoisotopic (exact) mass is 371 g/mol. The normalized spacial score (nSPS) is 11.1. The van der Waals surface area contributed by atoms with Crippen LogP contribution in [0.4, 0.5) is 17.1 Å². The lowest BCUT2D eigenvalue weighted by atomic mass is 10.1. The van der Waals surface area contributed by atoms with E-state index in [1.807, 2.05) is 25.3 Å². The van der Waals surface area contributed by atoms with E-state index in [1.165, 1.54) is 27.9 Å². The Labute approximate surface area is 168 Å². The molecule has 3 heteroatoms. The highest BCUT2D eigenvalue weighted by Crippen LogP contribution is 2.32. The zero-order chi connectivity index (χ0) is 20.3. The summed E-state index contributed by atoms with van der Waals surface area (Å²) in [5.74, 6) is 0. The van der Waals surface area contributed by atoms with Gasteiger partial charge in [0, 0.05) is 19.8 Å². The first kappa shape index (κ1) is 19.7. The number of aryl methyl sites for hydroxylation is 4. The largest absolute Gasteiger partial charge is 0.378 e. The van der Waals surface area contributed by atoms with E-state index in [0.717, 1.165) is 16.9 Å².